The second-order valence-electron chi connectivity index (χ2n) is 4.46. The van der Waals surface area contributed by atoms with E-state index < -0.39 is 0 Å². The smallest absolute Gasteiger partial charge is 0.00870 e. The maximum atomic E-state index is 3.40. The van der Waals surface area contributed by atoms with Crippen molar-refractivity contribution in [1.29, 1.82) is 0 Å². The Morgan fingerprint density at radius 2 is 2.13 bits per heavy atom. The summed E-state index contributed by atoms with van der Waals surface area (Å²) in [6.45, 7) is 4.58. The van der Waals surface area contributed by atoms with Crippen LogP contribution in [0, 0.1) is 5.92 Å². The van der Waals surface area contributed by atoms with Crippen LogP contribution in [0.3, 0.4) is 0 Å². The van der Waals surface area contributed by atoms with Gasteiger partial charge in [-0.2, -0.15) is 0 Å². The first-order valence-corrected chi connectivity index (χ1v) is 6.81. The van der Waals surface area contributed by atoms with E-state index in [0.29, 0.717) is 6.04 Å². The van der Waals surface area contributed by atoms with Gasteiger partial charge in [0.25, 0.3) is 0 Å². The lowest BCUT2D eigenvalue weighted by molar-refractivity contribution is 0.389. The van der Waals surface area contributed by atoms with Crippen LogP contribution in [0.15, 0.2) is 17.5 Å². The molecule has 1 rings (SSSR count). The number of hydrogen-bond donors (Lipinski definition) is 1. The lowest BCUT2D eigenvalue weighted by atomic mass is 9.98. The molecule has 2 heteroatoms. The fourth-order valence-electron chi connectivity index (χ4n) is 1.93. The van der Waals surface area contributed by atoms with Crippen molar-refractivity contribution in [1.82, 2.24) is 5.32 Å². The topological polar surface area (TPSA) is 12.0 Å². The van der Waals surface area contributed by atoms with Gasteiger partial charge in [-0.25, -0.2) is 0 Å². The molecule has 15 heavy (non-hydrogen) atoms. The maximum absolute atomic E-state index is 3.40. The van der Waals surface area contributed by atoms with E-state index in [2.05, 4.69) is 43.7 Å². The van der Waals surface area contributed by atoms with Crippen LogP contribution in [-0.4, -0.2) is 13.1 Å². The van der Waals surface area contributed by atoms with Crippen molar-refractivity contribution in [2.45, 2.75) is 45.6 Å². The molecular weight excluding hydrogens is 202 g/mol. The van der Waals surface area contributed by atoms with Crippen LogP contribution in [0.2, 0.25) is 0 Å². The van der Waals surface area contributed by atoms with Crippen molar-refractivity contribution in [3.05, 3.63) is 22.4 Å². The highest BCUT2D eigenvalue weighted by atomic mass is 32.1. The number of unbranched alkanes of at least 4 members (excludes halogenated alkanes) is 1. The summed E-state index contributed by atoms with van der Waals surface area (Å²) in [7, 11) is 2.07. The molecular formula is C13H23NS. The van der Waals surface area contributed by atoms with Crippen LogP contribution < -0.4 is 5.32 Å². The average molecular weight is 225 g/mol. The largest absolute Gasteiger partial charge is 0.317 e. The van der Waals surface area contributed by atoms with Gasteiger partial charge in [-0.15, -0.1) is 11.3 Å². The lowest BCUT2D eigenvalue weighted by Gasteiger charge is -2.19. The molecule has 0 bridgehead atoms. The molecule has 86 valence electrons. The molecule has 0 spiro atoms. The summed E-state index contributed by atoms with van der Waals surface area (Å²) in [5.74, 6) is 0.747. The molecule has 1 aromatic heterocycles. The molecule has 0 aliphatic carbocycles. The van der Waals surface area contributed by atoms with Gasteiger partial charge in [0.2, 0.25) is 0 Å². The Labute approximate surface area is 97.9 Å². The molecule has 0 aliphatic rings. The molecule has 1 nitrogen and oxygen atoms in total. The van der Waals surface area contributed by atoms with Gasteiger partial charge in [0.15, 0.2) is 0 Å². The Hall–Kier alpha value is -0.340. The van der Waals surface area contributed by atoms with Gasteiger partial charge in [0, 0.05) is 10.9 Å². The van der Waals surface area contributed by atoms with E-state index in [4.69, 9.17) is 0 Å². The standard InChI is InChI=1S/C13H23NS/c1-11(2)13(14-3)9-5-4-7-12-8-6-10-15-12/h6,8,10-11,13-14H,4-5,7,9H2,1-3H3. The summed E-state index contributed by atoms with van der Waals surface area (Å²) in [4.78, 5) is 1.53. The average Bonchev–Trinajstić information content (AvgIpc) is 2.70. The molecule has 0 amide bonds. The minimum absolute atomic E-state index is 0.688. The van der Waals surface area contributed by atoms with Crippen LogP contribution in [-0.2, 0) is 6.42 Å². The van der Waals surface area contributed by atoms with E-state index >= 15 is 0 Å². The zero-order valence-corrected chi connectivity index (χ0v) is 10.9. The van der Waals surface area contributed by atoms with Crippen LogP contribution in [0.5, 0.6) is 0 Å². The molecule has 1 unspecified atom stereocenters. The zero-order chi connectivity index (χ0) is 11.1. The van der Waals surface area contributed by atoms with Crippen LogP contribution >= 0.6 is 11.3 Å². The number of aryl methyl sites for hydroxylation is 1. The highest BCUT2D eigenvalue weighted by molar-refractivity contribution is 7.09. The number of thiophene rings is 1. The first-order valence-electron chi connectivity index (χ1n) is 5.93. The monoisotopic (exact) mass is 225 g/mol. The van der Waals surface area contributed by atoms with Crippen molar-refractivity contribution in [2.24, 2.45) is 5.92 Å². The second-order valence-corrected chi connectivity index (χ2v) is 5.50. The summed E-state index contributed by atoms with van der Waals surface area (Å²) in [6.07, 6.45) is 5.22. The first kappa shape index (κ1) is 12.7. The Bertz CT molecular complexity index is 241. The van der Waals surface area contributed by atoms with Crippen LogP contribution in [0.1, 0.15) is 38.0 Å². The van der Waals surface area contributed by atoms with Crippen molar-refractivity contribution in [3.8, 4) is 0 Å². The lowest BCUT2D eigenvalue weighted by Crippen LogP contribution is -2.30. The van der Waals surface area contributed by atoms with Crippen LogP contribution in [0.25, 0.3) is 0 Å². The van der Waals surface area contributed by atoms with Gasteiger partial charge in [-0.3, -0.25) is 0 Å². The molecule has 1 heterocycles. The number of rotatable bonds is 7. The van der Waals surface area contributed by atoms with Gasteiger partial charge in [0.05, 0.1) is 0 Å². The molecule has 0 aromatic carbocycles. The summed E-state index contributed by atoms with van der Waals surface area (Å²) in [5.41, 5.74) is 0. The molecule has 0 radical (unpaired) electrons. The molecule has 0 fully saturated rings. The highest BCUT2D eigenvalue weighted by Gasteiger charge is 2.09. The van der Waals surface area contributed by atoms with E-state index in [9.17, 15) is 0 Å². The molecule has 0 saturated carbocycles. The third kappa shape index (κ3) is 4.80. The highest BCUT2D eigenvalue weighted by Crippen LogP contribution is 2.15. The Kier molecular flexibility index (Phi) is 5.96. The van der Waals surface area contributed by atoms with E-state index in [1.54, 1.807) is 0 Å². The van der Waals surface area contributed by atoms with Crippen molar-refractivity contribution < 1.29 is 0 Å². The van der Waals surface area contributed by atoms with Crippen LogP contribution in [0.4, 0.5) is 0 Å². The predicted octanol–water partition coefficient (Wildman–Crippen LogP) is 3.70. The van der Waals surface area contributed by atoms with Gasteiger partial charge in [-0.05, 0) is 43.7 Å². The maximum Gasteiger partial charge on any atom is 0.00870 e. The third-order valence-electron chi connectivity index (χ3n) is 2.94. The van der Waals surface area contributed by atoms with Gasteiger partial charge in [-0.1, -0.05) is 26.3 Å². The van der Waals surface area contributed by atoms with Gasteiger partial charge < -0.3 is 5.32 Å². The van der Waals surface area contributed by atoms with Gasteiger partial charge >= 0.3 is 0 Å². The fourth-order valence-corrected chi connectivity index (χ4v) is 2.68. The van der Waals surface area contributed by atoms with E-state index in [-0.39, 0.29) is 0 Å². The summed E-state index contributed by atoms with van der Waals surface area (Å²) in [6, 6.07) is 5.07. The van der Waals surface area contributed by atoms with Crippen molar-refractivity contribution in [3.63, 3.8) is 0 Å². The summed E-state index contributed by atoms with van der Waals surface area (Å²) < 4.78 is 0. The quantitative estimate of drug-likeness (QED) is 0.698. The van der Waals surface area contributed by atoms with E-state index in [1.807, 2.05) is 11.3 Å². The van der Waals surface area contributed by atoms with E-state index in [0.717, 1.165) is 5.92 Å². The molecule has 1 N–H and O–H groups in total. The van der Waals surface area contributed by atoms with Crippen molar-refractivity contribution in [2.75, 3.05) is 7.05 Å². The minimum Gasteiger partial charge on any atom is -0.317 e. The first-order chi connectivity index (χ1) is 7.24. The van der Waals surface area contributed by atoms with Crippen molar-refractivity contribution >= 4 is 11.3 Å². The molecule has 1 aromatic rings. The minimum atomic E-state index is 0.688. The summed E-state index contributed by atoms with van der Waals surface area (Å²) >= 11 is 1.88. The Morgan fingerprint density at radius 3 is 2.67 bits per heavy atom. The summed E-state index contributed by atoms with van der Waals surface area (Å²) in [5, 5.41) is 5.56. The third-order valence-corrected chi connectivity index (χ3v) is 3.88. The molecule has 0 aliphatic heterocycles. The molecule has 0 saturated heterocycles. The Morgan fingerprint density at radius 1 is 1.33 bits per heavy atom. The SMILES string of the molecule is CNC(CCCCc1cccs1)C(C)C. The number of hydrogen-bond acceptors (Lipinski definition) is 2. The zero-order valence-electron chi connectivity index (χ0n) is 10.1. The van der Waals surface area contributed by atoms with E-state index in [1.165, 1.54) is 30.6 Å². The Balaban J connectivity index is 2.10. The fraction of sp³-hybridized carbons (Fsp3) is 0.692. The number of nitrogens with one attached hydrogen (secondary N) is 1. The normalized spacial score (nSPS) is 13.3. The molecule has 1 atom stereocenters. The predicted molar refractivity (Wildman–Crippen MR) is 69.6 cm³/mol. The van der Waals surface area contributed by atoms with Gasteiger partial charge in [0.1, 0.15) is 0 Å². The second kappa shape index (κ2) is 7.02.